The van der Waals surface area contributed by atoms with Gasteiger partial charge in [-0.1, -0.05) is 79.6 Å². The lowest BCUT2D eigenvalue weighted by Gasteiger charge is -2.65. The van der Waals surface area contributed by atoms with Crippen LogP contribution in [0.1, 0.15) is 91.8 Å². The summed E-state index contributed by atoms with van der Waals surface area (Å²) in [6, 6.07) is 24.2. The van der Waals surface area contributed by atoms with Gasteiger partial charge in [-0.15, -0.1) is 0 Å². The minimum atomic E-state index is -0.957. The number of hydrogen-bond donors (Lipinski definition) is 1. The number of unbranched alkanes of at least 4 members (excludes halogenated alkanes) is 3. The van der Waals surface area contributed by atoms with Crippen LogP contribution < -0.4 is 9.47 Å². The number of esters is 1. The molecule has 2 aliphatic heterocycles. The fourth-order valence-electron chi connectivity index (χ4n) is 9.96. The van der Waals surface area contributed by atoms with E-state index in [1.165, 1.54) is 30.9 Å². The number of Topliss-reactive ketones (excluding diaryl/α,β-unsaturated/α-hetero) is 1. The van der Waals surface area contributed by atoms with Gasteiger partial charge in [-0.2, -0.15) is 0 Å². The van der Waals surface area contributed by atoms with Crippen molar-refractivity contribution in [1.29, 1.82) is 0 Å². The lowest BCUT2D eigenvalue weighted by Crippen LogP contribution is -2.78. The highest BCUT2D eigenvalue weighted by Crippen LogP contribution is 2.66. The van der Waals surface area contributed by atoms with Gasteiger partial charge in [0.2, 0.25) is 0 Å². The number of benzene rings is 3. The number of likely N-dealkylation sites (tertiary alicyclic amines) is 1. The number of nitrogens with zero attached hydrogens (tertiary/aromatic N) is 2. The molecule has 0 aromatic heterocycles. The molecule has 49 heavy (non-hydrogen) atoms. The van der Waals surface area contributed by atoms with Gasteiger partial charge in [-0.05, 0) is 94.0 Å². The third kappa shape index (κ3) is 5.92. The maximum Gasteiger partial charge on any atom is 0.308 e. The molecule has 2 saturated carbocycles. The SMILES string of the molecule is CC(=O)Oc1ccc2c3c1OC1C(N(CCCCCCc4ccccc4)CC(=O)c4ccccc4)CC[C@@]4(O)[C@@H](C2)N(CC2CC2)CC[C@]314. The van der Waals surface area contributed by atoms with Crippen LogP contribution in [0, 0.1) is 5.92 Å². The van der Waals surface area contributed by atoms with Crippen molar-refractivity contribution in [2.75, 3.05) is 26.2 Å². The number of piperidine rings is 1. The van der Waals surface area contributed by atoms with E-state index in [9.17, 15) is 14.7 Å². The van der Waals surface area contributed by atoms with Gasteiger partial charge >= 0.3 is 5.97 Å². The molecule has 1 N–H and O–H groups in total. The van der Waals surface area contributed by atoms with Gasteiger partial charge in [0.05, 0.1) is 17.6 Å². The van der Waals surface area contributed by atoms with Crippen LogP contribution in [0.2, 0.25) is 0 Å². The van der Waals surface area contributed by atoms with E-state index in [-0.39, 0.29) is 29.9 Å². The van der Waals surface area contributed by atoms with Gasteiger partial charge in [0, 0.05) is 36.7 Å². The van der Waals surface area contributed by atoms with E-state index in [4.69, 9.17) is 9.47 Å². The highest BCUT2D eigenvalue weighted by molar-refractivity contribution is 5.97. The van der Waals surface area contributed by atoms with Crippen LogP contribution in [0.5, 0.6) is 11.5 Å². The molecule has 3 aliphatic carbocycles. The quantitative estimate of drug-likeness (QED) is 0.0910. The standard InChI is InChI=1S/C42H50N2O5/c1-29(45)48-36-20-19-33-26-37-42(47)22-21-34(40-41(42,38(33)39(36)49-40)23-25-44(37)27-31-17-18-31)43(28-35(46)32-15-9-5-10-16-32)24-11-3-2-6-12-30-13-7-4-8-14-30/h4-5,7-10,13-16,19-20,31,34,37,40,47H,2-3,6,11-12,17-18,21-28H2,1H3/t34?,37-,40?,41+,42-/m1/s1. The number of carbonyl (C=O) groups is 2. The lowest BCUT2D eigenvalue weighted by molar-refractivity contribution is -0.200. The Hall–Kier alpha value is -3.52. The van der Waals surface area contributed by atoms with Crippen molar-refractivity contribution in [2.24, 2.45) is 5.92 Å². The highest BCUT2D eigenvalue weighted by atomic mass is 16.6. The third-order valence-corrected chi connectivity index (χ3v) is 12.4. The highest BCUT2D eigenvalue weighted by Gasteiger charge is 2.73. The van der Waals surface area contributed by atoms with Crippen molar-refractivity contribution in [2.45, 2.75) is 107 Å². The molecule has 3 aromatic rings. The Morgan fingerprint density at radius 1 is 0.939 bits per heavy atom. The first-order valence-electron chi connectivity index (χ1n) is 18.7. The smallest absolute Gasteiger partial charge is 0.308 e. The second kappa shape index (κ2) is 13.3. The molecule has 7 nitrogen and oxygen atoms in total. The number of aryl methyl sites for hydroxylation is 1. The Morgan fingerprint density at radius 3 is 2.45 bits per heavy atom. The number of rotatable bonds is 14. The van der Waals surface area contributed by atoms with Crippen LogP contribution >= 0.6 is 0 Å². The number of ketones is 1. The second-order valence-corrected chi connectivity index (χ2v) is 15.4. The molecule has 3 aromatic carbocycles. The summed E-state index contributed by atoms with van der Waals surface area (Å²) in [5.41, 5.74) is 2.79. The Balaban J connectivity index is 1.09. The number of aliphatic hydroxyl groups is 1. The van der Waals surface area contributed by atoms with E-state index in [0.717, 1.165) is 88.0 Å². The molecule has 1 spiro atoms. The molecule has 7 heteroatoms. The summed E-state index contributed by atoms with van der Waals surface area (Å²) in [4.78, 5) is 31.0. The van der Waals surface area contributed by atoms with E-state index >= 15 is 0 Å². The molecule has 0 radical (unpaired) electrons. The molecule has 1 saturated heterocycles. The average molecular weight is 663 g/mol. The predicted molar refractivity (Wildman–Crippen MR) is 189 cm³/mol. The predicted octanol–water partition coefficient (Wildman–Crippen LogP) is 6.53. The van der Waals surface area contributed by atoms with Crippen molar-refractivity contribution in [3.63, 3.8) is 0 Å². The summed E-state index contributed by atoms with van der Waals surface area (Å²) in [6.45, 7) is 4.49. The monoisotopic (exact) mass is 662 g/mol. The molecule has 2 unspecified atom stereocenters. The van der Waals surface area contributed by atoms with Gasteiger partial charge in [0.25, 0.3) is 0 Å². The molecule has 0 amide bonds. The zero-order valence-corrected chi connectivity index (χ0v) is 28.8. The zero-order valence-electron chi connectivity index (χ0n) is 28.8. The first-order chi connectivity index (χ1) is 23.9. The molecule has 5 aliphatic rings. The fourth-order valence-corrected chi connectivity index (χ4v) is 9.96. The summed E-state index contributed by atoms with van der Waals surface area (Å²) >= 11 is 0. The summed E-state index contributed by atoms with van der Waals surface area (Å²) < 4.78 is 12.8. The minimum absolute atomic E-state index is 0.0240. The zero-order chi connectivity index (χ0) is 33.6. The number of ether oxygens (including phenoxy) is 2. The van der Waals surface area contributed by atoms with Gasteiger partial charge in [0.1, 0.15) is 6.10 Å². The summed E-state index contributed by atoms with van der Waals surface area (Å²) in [7, 11) is 0. The maximum atomic E-state index is 13.8. The van der Waals surface area contributed by atoms with Crippen LogP contribution in [-0.4, -0.2) is 76.6 Å². The second-order valence-electron chi connectivity index (χ2n) is 15.4. The minimum Gasteiger partial charge on any atom is -0.483 e. The van der Waals surface area contributed by atoms with Gasteiger partial charge in [-0.25, -0.2) is 0 Å². The fraction of sp³-hybridized carbons (Fsp3) is 0.524. The van der Waals surface area contributed by atoms with Gasteiger partial charge in [0.15, 0.2) is 17.3 Å². The normalized spacial score (nSPS) is 28.2. The van der Waals surface area contributed by atoms with E-state index in [2.05, 4.69) is 46.2 Å². The Kier molecular flexibility index (Phi) is 8.88. The van der Waals surface area contributed by atoms with Crippen molar-refractivity contribution < 1.29 is 24.2 Å². The molecule has 258 valence electrons. The van der Waals surface area contributed by atoms with Crippen LogP contribution in [0.15, 0.2) is 72.8 Å². The van der Waals surface area contributed by atoms with Crippen LogP contribution in [-0.2, 0) is 23.1 Å². The number of hydrogen-bond acceptors (Lipinski definition) is 7. The van der Waals surface area contributed by atoms with Crippen molar-refractivity contribution in [3.05, 3.63) is 95.1 Å². The Morgan fingerprint density at radius 2 is 1.69 bits per heavy atom. The topological polar surface area (TPSA) is 79.3 Å². The largest absolute Gasteiger partial charge is 0.483 e. The average Bonchev–Trinajstić information content (AvgIpc) is 3.85. The molecular formula is C42H50N2O5. The van der Waals surface area contributed by atoms with E-state index in [1.807, 2.05) is 36.4 Å². The van der Waals surface area contributed by atoms with Gasteiger partial charge in [-0.3, -0.25) is 19.4 Å². The van der Waals surface area contributed by atoms with E-state index in [1.54, 1.807) is 0 Å². The molecule has 5 atom stereocenters. The summed E-state index contributed by atoms with van der Waals surface area (Å²) in [6.07, 6.45) is 10.6. The van der Waals surface area contributed by atoms with E-state index in [0.29, 0.717) is 24.5 Å². The molecule has 2 bridgehead atoms. The maximum absolute atomic E-state index is 13.8. The number of carbonyl (C=O) groups excluding carboxylic acids is 2. The Labute approximate surface area is 290 Å². The lowest BCUT2D eigenvalue weighted by atomic mass is 9.48. The van der Waals surface area contributed by atoms with Crippen LogP contribution in [0.4, 0.5) is 0 Å². The third-order valence-electron chi connectivity index (χ3n) is 12.4. The Bertz CT molecular complexity index is 1680. The molecular weight excluding hydrogens is 612 g/mol. The first kappa shape index (κ1) is 32.7. The molecule has 2 heterocycles. The molecule has 8 rings (SSSR count). The summed E-state index contributed by atoms with van der Waals surface area (Å²) in [5, 5.41) is 13.1. The first-order valence-corrected chi connectivity index (χ1v) is 18.7. The van der Waals surface area contributed by atoms with Crippen molar-refractivity contribution >= 4 is 11.8 Å². The molecule has 3 fully saturated rings. The van der Waals surface area contributed by atoms with Gasteiger partial charge < -0.3 is 14.6 Å². The van der Waals surface area contributed by atoms with Crippen molar-refractivity contribution in [3.8, 4) is 11.5 Å². The van der Waals surface area contributed by atoms with Crippen molar-refractivity contribution in [1.82, 2.24) is 9.80 Å². The van der Waals surface area contributed by atoms with Crippen LogP contribution in [0.3, 0.4) is 0 Å². The summed E-state index contributed by atoms with van der Waals surface area (Å²) in [5.74, 6) is 1.54. The van der Waals surface area contributed by atoms with E-state index < -0.39 is 11.0 Å². The van der Waals surface area contributed by atoms with Crippen LogP contribution in [0.25, 0.3) is 0 Å².